The normalized spacial score (nSPS) is 13.8. The summed E-state index contributed by atoms with van der Waals surface area (Å²) >= 11 is 3.29. The first kappa shape index (κ1) is 18.8. The lowest BCUT2D eigenvalue weighted by atomic mass is 10.2. The quantitative estimate of drug-likeness (QED) is 0.581. The van der Waals surface area contributed by atoms with Crippen molar-refractivity contribution in [1.82, 2.24) is 10.9 Å². The third-order valence-electron chi connectivity index (χ3n) is 4.12. The molecule has 1 heterocycles. The molecule has 0 radical (unpaired) electrons. The monoisotopic (exact) mass is 427 g/mol. The number of nitrogens with zero attached hydrogens (tertiary/aromatic N) is 1. The smallest absolute Gasteiger partial charge is 0.270 e. The summed E-state index contributed by atoms with van der Waals surface area (Å²) in [6, 6.07) is 14.3. The third-order valence-corrected chi connectivity index (χ3v) is 4.81. The Bertz CT molecular complexity index is 894. The van der Waals surface area contributed by atoms with E-state index in [1.54, 1.807) is 35.2 Å². The Morgan fingerprint density at radius 2 is 1.78 bits per heavy atom. The predicted octanol–water partition coefficient (Wildman–Crippen LogP) is 3.05. The topological polar surface area (TPSA) is 78.5 Å². The minimum Gasteiger partial charge on any atom is -0.312 e. The van der Waals surface area contributed by atoms with E-state index in [0.29, 0.717) is 16.5 Å². The second-order valence-electron chi connectivity index (χ2n) is 6.00. The van der Waals surface area contributed by atoms with E-state index in [1.165, 1.54) is 6.08 Å². The minimum absolute atomic E-state index is 0.137. The molecule has 1 aliphatic heterocycles. The highest BCUT2D eigenvalue weighted by molar-refractivity contribution is 9.10. The number of hydrogen-bond acceptors (Lipinski definition) is 3. The molecule has 0 unspecified atom stereocenters. The molecule has 0 spiro atoms. The van der Waals surface area contributed by atoms with E-state index in [9.17, 15) is 14.4 Å². The second-order valence-corrected chi connectivity index (χ2v) is 6.85. The molecular weight excluding hydrogens is 410 g/mol. The molecule has 0 aromatic heterocycles. The van der Waals surface area contributed by atoms with Crippen LogP contribution in [0.3, 0.4) is 0 Å². The SMILES string of the molecule is O=C(/C=C/c1ccc(N2CCCC2=O)cc1)NNC(=O)c1ccccc1Br. The van der Waals surface area contributed by atoms with E-state index < -0.39 is 11.8 Å². The van der Waals surface area contributed by atoms with Gasteiger partial charge in [0.15, 0.2) is 0 Å². The van der Waals surface area contributed by atoms with Crippen LogP contribution >= 0.6 is 15.9 Å². The summed E-state index contributed by atoms with van der Waals surface area (Å²) in [6.07, 6.45) is 4.44. The van der Waals surface area contributed by atoms with E-state index in [2.05, 4.69) is 26.8 Å². The molecule has 6 nitrogen and oxygen atoms in total. The molecule has 0 aliphatic carbocycles. The number of hydrogen-bond donors (Lipinski definition) is 2. The Morgan fingerprint density at radius 3 is 2.44 bits per heavy atom. The summed E-state index contributed by atoms with van der Waals surface area (Å²) in [5.74, 6) is -0.725. The Morgan fingerprint density at radius 1 is 1.04 bits per heavy atom. The Balaban J connectivity index is 1.53. The first-order chi connectivity index (χ1) is 13.0. The number of anilines is 1. The first-order valence-electron chi connectivity index (χ1n) is 8.48. The van der Waals surface area contributed by atoms with E-state index in [0.717, 1.165) is 24.2 Å². The lowest BCUT2D eigenvalue weighted by Gasteiger charge is -2.15. The minimum atomic E-state index is -0.450. The van der Waals surface area contributed by atoms with Crippen LogP contribution in [-0.4, -0.2) is 24.3 Å². The van der Waals surface area contributed by atoms with E-state index in [-0.39, 0.29) is 5.91 Å². The van der Waals surface area contributed by atoms with E-state index in [4.69, 9.17) is 0 Å². The average molecular weight is 428 g/mol. The fourth-order valence-corrected chi connectivity index (χ4v) is 3.20. The molecule has 0 saturated carbocycles. The summed E-state index contributed by atoms with van der Waals surface area (Å²) < 4.78 is 0.642. The lowest BCUT2D eigenvalue weighted by Crippen LogP contribution is -2.40. The number of carbonyl (C=O) groups is 3. The molecule has 0 atom stereocenters. The number of carbonyl (C=O) groups excluding carboxylic acids is 3. The number of halogens is 1. The number of rotatable bonds is 4. The van der Waals surface area contributed by atoms with Crippen molar-refractivity contribution in [3.63, 3.8) is 0 Å². The van der Waals surface area contributed by atoms with Crippen LogP contribution < -0.4 is 15.8 Å². The van der Waals surface area contributed by atoms with Gasteiger partial charge in [-0.2, -0.15) is 0 Å². The van der Waals surface area contributed by atoms with Gasteiger partial charge < -0.3 is 4.90 Å². The van der Waals surface area contributed by atoms with Crippen molar-refractivity contribution in [3.05, 3.63) is 70.2 Å². The molecule has 138 valence electrons. The molecule has 7 heteroatoms. The zero-order valence-electron chi connectivity index (χ0n) is 14.4. The zero-order chi connectivity index (χ0) is 19.2. The maximum Gasteiger partial charge on any atom is 0.270 e. The van der Waals surface area contributed by atoms with Crippen LogP contribution in [0.15, 0.2) is 59.1 Å². The summed E-state index contributed by atoms with van der Waals surface area (Å²) in [5, 5.41) is 0. The van der Waals surface area contributed by atoms with Crippen LogP contribution in [0.4, 0.5) is 5.69 Å². The van der Waals surface area contributed by atoms with Gasteiger partial charge >= 0.3 is 0 Å². The van der Waals surface area contributed by atoms with Gasteiger partial charge in [0, 0.05) is 29.2 Å². The van der Waals surface area contributed by atoms with Gasteiger partial charge in [0.2, 0.25) is 5.91 Å². The molecule has 3 rings (SSSR count). The fourth-order valence-electron chi connectivity index (χ4n) is 2.73. The van der Waals surface area contributed by atoms with Crippen molar-refractivity contribution in [2.75, 3.05) is 11.4 Å². The molecule has 0 bridgehead atoms. The van der Waals surface area contributed by atoms with Crippen molar-refractivity contribution >= 4 is 45.4 Å². The number of hydrazine groups is 1. The van der Waals surface area contributed by atoms with Gasteiger partial charge in [-0.3, -0.25) is 25.2 Å². The first-order valence-corrected chi connectivity index (χ1v) is 9.27. The number of benzene rings is 2. The van der Waals surface area contributed by atoms with Crippen LogP contribution in [0.2, 0.25) is 0 Å². The lowest BCUT2D eigenvalue weighted by molar-refractivity contribution is -0.117. The molecule has 2 aromatic carbocycles. The summed E-state index contributed by atoms with van der Waals surface area (Å²) in [7, 11) is 0. The molecule has 3 amide bonds. The molecule has 2 aromatic rings. The zero-order valence-corrected chi connectivity index (χ0v) is 16.0. The Labute approximate surface area is 165 Å². The molecule has 1 saturated heterocycles. The Hall–Kier alpha value is -2.93. The maximum absolute atomic E-state index is 12.0. The second kappa shape index (κ2) is 8.64. The Kier molecular flexibility index (Phi) is 6.03. The van der Waals surface area contributed by atoms with Gasteiger partial charge in [-0.15, -0.1) is 0 Å². The van der Waals surface area contributed by atoms with E-state index in [1.807, 2.05) is 24.3 Å². The summed E-state index contributed by atoms with van der Waals surface area (Å²) in [4.78, 5) is 37.4. The largest absolute Gasteiger partial charge is 0.312 e. The maximum atomic E-state index is 12.0. The van der Waals surface area contributed by atoms with Gasteiger partial charge in [0.05, 0.1) is 5.56 Å². The van der Waals surface area contributed by atoms with Gasteiger partial charge in [0.1, 0.15) is 0 Å². The van der Waals surface area contributed by atoms with Gasteiger partial charge in [0.25, 0.3) is 11.8 Å². The number of nitrogens with one attached hydrogen (secondary N) is 2. The van der Waals surface area contributed by atoms with Gasteiger partial charge in [-0.1, -0.05) is 24.3 Å². The predicted molar refractivity (Wildman–Crippen MR) is 107 cm³/mol. The molecule has 27 heavy (non-hydrogen) atoms. The average Bonchev–Trinajstić information content (AvgIpc) is 3.11. The number of amides is 3. The van der Waals surface area contributed by atoms with Crippen LogP contribution in [0.5, 0.6) is 0 Å². The highest BCUT2D eigenvalue weighted by Crippen LogP contribution is 2.21. The van der Waals surface area contributed by atoms with Crippen molar-refractivity contribution in [2.24, 2.45) is 0 Å². The van der Waals surface area contributed by atoms with Crippen LogP contribution in [0, 0.1) is 0 Å². The van der Waals surface area contributed by atoms with Crippen LogP contribution in [0.1, 0.15) is 28.8 Å². The summed E-state index contributed by atoms with van der Waals surface area (Å²) in [5.41, 5.74) is 6.81. The van der Waals surface area contributed by atoms with Crippen LogP contribution in [-0.2, 0) is 9.59 Å². The van der Waals surface area contributed by atoms with Gasteiger partial charge in [-0.05, 0) is 58.3 Å². The van der Waals surface area contributed by atoms with Crippen LogP contribution in [0.25, 0.3) is 6.08 Å². The molecule has 1 fully saturated rings. The van der Waals surface area contributed by atoms with E-state index >= 15 is 0 Å². The third kappa shape index (κ3) is 4.83. The fraction of sp³-hybridized carbons (Fsp3) is 0.150. The van der Waals surface area contributed by atoms with Crippen molar-refractivity contribution in [2.45, 2.75) is 12.8 Å². The standard InChI is InChI=1S/C20H18BrN3O3/c21-17-5-2-1-4-16(17)20(27)23-22-18(25)12-9-14-7-10-15(11-8-14)24-13-3-6-19(24)26/h1-2,4-5,7-12H,3,6,13H2,(H,22,25)(H,23,27)/b12-9+. The highest BCUT2D eigenvalue weighted by atomic mass is 79.9. The molecule has 1 aliphatic rings. The van der Waals surface area contributed by atoms with Crippen molar-refractivity contribution < 1.29 is 14.4 Å². The summed E-state index contributed by atoms with van der Waals surface area (Å²) in [6.45, 7) is 0.744. The van der Waals surface area contributed by atoms with Gasteiger partial charge in [-0.25, -0.2) is 0 Å². The van der Waals surface area contributed by atoms with Crippen molar-refractivity contribution in [3.8, 4) is 0 Å². The molecular formula is C20H18BrN3O3. The van der Waals surface area contributed by atoms with Crippen molar-refractivity contribution in [1.29, 1.82) is 0 Å². The molecule has 2 N–H and O–H groups in total. The highest BCUT2D eigenvalue weighted by Gasteiger charge is 2.21.